The van der Waals surface area contributed by atoms with Crippen LogP contribution in [0.2, 0.25) is 5.02 Å². The Hall–Kier alpha value is -0.150. The molecular formula is C4BrClO2. The van der Waals surface area contributed by atoms with Crippen molar-refractivity contribution in [3.63, 3.8) is 0 Å². The first kappa shape index (κ1) is 5.98. The van der Waals surface area contributed by atoms with Crippen LogP contribution in [0.25, 0.3) is 0 Å². The first-order valence-corrected chi connectivity index (χ1v) is 2.96. The van der Waals surface area contributed by atoms with Crippen molar-refractivity contribution in [3.05, 3.63) is 29.9 Å². The van der Waals surface area contributed by atoms with E-state index in [1.54, 1.807) is 0 Å². The predicted molar refractivity (Wildman–Crippen MR) is 34.1 cm³/mol. The Morgan fingerprint density at radius 3 is 1.88 bits per heavy atom. The lowest BCUT2D eigenvalue weighted by molar-refractivity contribution is 1.37. The third kappa shape index (κ3) is 0.548. The number of hydrogen-bond donors (Lipinski definition) is 0. The van der Waals surface area contributed by atoms with E-state index in [4.69, 9.17) is 11.6 Å². The molecule has 0 aliphatic heterocycles. The van der Waals surface area contributed by atoms with Crippen molar-refractivity contribution in [2.75, 3.05) is 0 Å². The summed E-state index contributed by atoms with van der Waals surface area (Å²) in [6.07, 6.45) is 0. The van der Waals surface area contributed by atoms with E-state index in [-0.39, 0.29) is 9.50 Å². The summed E-state index contributed by atoms with van der Waals surface area (Å²) in [4.78, 5) is 20.4. The van der Waals surface area contributed by atoms with Gasteiger partial charge in [-0.3, -0.25) is 9.59 Å². The SMILES string of the molecule is O=c1c(Cl)c(Br)c1=O. The van der Waals surface area contributed by atoms with Crippen molar-refractivity contribution in [1.29, 1.82) is 0 Å². The Morgan fingerprint density at radius 1 is 1.25 bits per heavy atom. The van der Waals surface area contributed by atoms with E-state index in [0.717, 1.165) is 0 Å². The van der Waals surface area contributed by atoms with Crippen LogP contribution in [-0.4, -0.2) is 0 Å². The van der Waals surface area contributed by atoms with Gasteiger partial charge < -0.3 is 0 Å². The van der Waals surface area contributed by atoms with Gasteiger partial charge >= 0.3 is 0 Å². The molecule has 0 fully saturated rings. The molecule has 0 aliphatic rings. The fraction of sp³-hybridized carbons (Fsp3) is 0. The van der Waals surface area contributed by atoms with Crippen LogP contribution in [0.5, 0.6) is 0 Å². The molecule has 0 atom stereocenters. The van der Waals surface area contributed by atoms with Gasteiger partial charge in [-0.25, -0.2) is 0 Å². The summed E-state index contributed by atoms with van der Waals surface area (Å²) in [6.45, 7) is 0. The highest BCUT2D eigenvalue weighted by molar-refractivity contribution is 9.10. The van der Waals surface area contributed by atoms with Crippen molar-refractivity contribution in [2.45, 2.75) is 0 Å². The Labute approximate surface area is 57.9 Å². The lowest BCUT2D eigenvalue weighted by Crippen LogP contribution is -2.31. The molecule has 0 saturated carbocycles. The zero-order chi connectivity index (χ0) is 6.31. The summed E-state index contributed by atoms with van der Waals surface area (Å²) in [6, 6.07) is 0. The summed E-state index contributed by atoms with van der Waals surface area (Å²) in [5.74, 6) is 0. The fourth-order valence-corrected chi connectivity index (χ4v) is 0.868. The molecule has 0 N–H and O–H groups in total. The number of rotatable bonds is 0. The molecule has 1 aromatic carbocycles. The van der Waals surface area contributed by atoms with Crippen LogP contribution in [0.15, 0.2) is 14.1 Å². The normalized spacial score (nSPS) is 10.2. The van der Waals surface area contributed by atoms with E-state index in [1.165, 1.54) is 0 Å². The Morgan fingerprint density at radius 2 is 1.75 bits per heavy atom. The van der Waals surface area contributed by atoms with Gasteiger partial charge in [-0.05, 0) is 15.9 Å². The van der Waals surface area contributed by atoms with Gasteiger partial charge in [-0.2, -0.15) is 0 Å². The van der Waals surface area contributed by atoms with Crippen molar-refractivity contribution >= 4 is 27.5 Å². The molecule has 0 bridgehead atoms. The number of hydrogen-bond acceptors (Lipinski definition) is 2. The zero-order valence-corrected chi connectivity index (χ0v) is 5.91. The van der Waals surface area contributed by atoms with Crippen molar-refractivity contribution in [3.8, 4) is 0 Å². The van der Waals surface area contributed by atoms with Gasteiger partial charge in [-0.15, -0.1) is 0 Å². The topological polar surface area (TPSA) is 34.1 Å². The average Bonchev–Trinajstić information content (AvgIpc) is 1.83. The van der Waals surface area contributed by atoms with Crippen LogP contribution < -0.4 is 10.9 Å². The minimum atomic E-state index is -0.599. The lowest BCUT2D eigenvalue weighted by Gasteiger charge is -1.91. The summed E-state index contributed by atoms with van der Waals surface area (Å²) in [7, 11) is 0. The van der Waals surface area contributed by atoms with Crippen molar-refractivity contribution < 1.29 is 0 Å². The second-order valence-corrected chi connectivity index (χ2v) is 2.46. The molecule has 42 valence electrons. The molecule has 0 aromatic heterocycles. The van der Waals surface area contributed by atoms with Crippen LogP contribution >= 0.6 is 27.5 Å². The summed E-state index contributed by atoms with van der Waals surface area (Å²) in [5.41, 5.74) is -1.13. The molecule has 0 spiro atoms. The van der Waals surface area contributed by atoms with Gasteiger partial charge in [0.25, 0.3) is 0 Å². The van der Waals surface area contributed by atoms with E-state index in [9.17, 15) is 9.59 Å². The molecule has 0 radical (unpaired) electrons. The third-order valence-electron chi connectivity index (χ3n) is 0.798. The van der Waals surface area contributed by atoms with Gasteiger partial charge in [0.1, 0.15) is 5.02 Å². The van der Waals surface area contributed by atoms with Gasteiger partial charge in [0.05, 0.1) is 4.47 Å². The molecule has 0 amide bonds. The van der Waals surface area contributed by atoms with Crippen LogP contribution in [0, 0.1) is 0 Å². The molecule has 0 saturated heterocycles. The van der Waals surface area contributed by atoms with Gasteiger partial charge in [0.15, 0.2) is 0 Å². The molecule has 4 heteroatoms. The maximum Gasteiger partial charge on any atom is 0.246 e. The van der Waals surface area contributed by atoms with Gasteiger partial charge in [0.2, 0.25) is 10.9 Å². The van der Waals surface area contributed by atoms with Gasteiger partial charge in [0, 0.05) is 0 Å². The summed E-state index contributed by atoms with van der Waals surface area (Å²) < 4.78 is 0.198. The Bertz CT molecular complexity index is 254. The number of halogens is 2. The van der Waals surface area contributed by atoms with Crippen LogP contribution in [0.1, 0.15) is 0 Å². The highest BCUT2D eigenvalue weighted by Gasteiger charge is 2.14. The first-order valence-electron chi connectivity index (χ1n) is 1.79. The smallest absolute Gasteiger partial charge is 0.246 e. The second-order valence-electron chi connectivity index (χ2n) is 1.29. The molecular weight excluding hydrogens is 195 g/mol. The molecule has 1 rings (SSSR count). The minimum absolute atomic E-state index is 0.00926. The highest BCUT2D eigenvalue weighted by atomic mass is 79.9. The molecule has 8 heavy (non-hydrogen) atoms. The molecule has 1 aromatic rings. The molecule has 0 unspecified atom stereocenters. The third-order valence-corrected chi connectivity index (χ3v) is 2.14. The van der Waals surface area contributed by atoms with Gasteiger partial charge in [-0.1, -0.05) is 11.6 Å². The molecule has 2 nitrogen and oxygen atoms in total. The van der Waals surface area contributed by atoms with Crippen LogP contribution in [0.4, 0.5) is 0 Å². The lowest BCUT2D eigenvalue weighted by atomic mass is 10.3. The van der Waals surface area contributed by atoms with Crippen LogP contribution in [-0.2, 0) is 0 Å². The first-order chi connectivity index (χ1) is 3.64. The predicted octanol–water partition coefficient (Wildman–Crippen LogP) is 0.699. The Balaban J connectivity index is 3.48. The molecule has 0 aliphatic carbocycles. The average molecular weight is 195 g/mol. The van der Waals surface area contributed by atoms with E-state index >= 15 is 0 Å². The Kier molecular flexibility index (Phi) is 1.25. The quantitative estimate of drug-likeness (QED) is 0.571. The van der Waals surface area contributed by atoms with E-state index in [0.29, 0.717) is 0 Å². The standard InChI is InChI=1S/C4BrClO2/c5-1-2(6)4(8)3(1)7. The maximum absolute atomic E-state index is 10.2. The molecule has 0 heterocycles. The largest absolute Gasteiger partial charge is 0.284 e. The maximum atomic E-state index is 10.2. The van der Waals surface area contributed by atoms with Crippen molar-refractivity contribution in [1.82, 2.24) is 0 Å². The fourth-order valence-electron chi connectivity index (χ4n) is 0.336. The van der Waals surface area contributed by atoms with E-state index in [2.05, 4.69) is 15.9 Å². The van der Waals surface area contributed by atoms with E-state index in [1.807, 2.05) is 0 Å². The second kappa shape index (κ2) is 1.67. The van der Waals surface area contributed by atoms with E-state index < -0.39 is 10.9 Å². The van der Waals surface area contributed by atoms with Crippen LogP contribution in [0.3, 0.4) is 0 Å². The highest BCUT2D eigenvalue weighted by Crippen LogP contribution is 2.13. The monoisotopic (exact) mass is 194 g/mol. The summed E-state index contributed by atoms with van der Waals surface area (Å²) in [5, 5.41) is 0.00926. The van der Waals surface area contributed by atoms with Crippen molar-refractivity contribution in [2.24, 2.45) is 0 Å². The minimum Gasteiger partial charge on any atom is -0.284 e. The zero-order valence-electron chi connectivity index (χ0n) is 3.57. The summed E-state index contributed by atoms with van der Waals surface area (Å²) >= 11 is 8.02.